The zero-order valence-electron chi connectivity index (χ0n) is 24.8. The number of carbonyl (C=O) groups excluding carboxylic acids is 2. The molecule has 1 aliphatic heterocycles. The molecule has 2 amide bonds. The molecule has 42 heavy (non-hydrogen) atoms. The van der Waals surface area contributed by atoms with Gasteiger partial charge in [-0.2, -0.15) is 0 Å². The number of amides is 2. The summed E-state index contributed by atoms with van der Waals surface area (Å²) in [4.78, 5) is 29.6. The molecule has 3 aromatic rings. The predicted octanol–water partition coefficient (Wildman–Crippen LogP) is 4.43. The van der Waals surface area contributed by atoms with Crippen molar-refractivity contribution in [1.29, 1.82) is 0 Å². The molecule has 224 valence electrons. The minimum atomic E-state index is -3.88. The number of nitrogens with one attached hydrogen (secondary N) is 1. The van der Waals surface area contributed by atoms with Gasteiger partial charge in [-0.05, 0) is 57.9 Å². The van der Waals surface area contributed by atoms with E-state index in [9.17, 15) is 18.0 Å². The topological polar surface area (TPSA) is 105 Å². The number of carbonyl (C=O) groups is 2. The van der Waals surface area contributed by atoms with Crippen molar-refractivity contribution in [2.24, 2.45) is 0 Å². The molecular weight excluding hydrogens is 554 g/mol. The number of ether oxygens (including phenoxy) is 2. The number of hydrogen-bond acceptors (Lipinski definition) is 6. The zero-order chi connectivity index (χ0) is 30.5. The van der Waals surface area contributed by atoms with Crippen LogP contribution in [-0.2, 0) is 32.6 Å². The lowest BCUT2D eigenvalue weighted by atomic mass is 10.0. The summed E-state index contributed by atoms with van der Waals surface area (Å²) in [6, 6.07) is 21.1. The average Bonchev–Trinajstić information content (AvgIpc) is 3.41. The number of hydrogen-bond donors (Lipinski definition) is 1. The third-order valence-corrected chi connectivity index (χ3v) is 8.57. The van der Waals surface area contributed by atoms with Crippen molar-refractivity contribution in [3.8, 4) is 11.5 Å². The Morgan fingerprint density at radius 2 is 1.62 bits per heavy atom. The van der Waals surface area contributed by atoms with Crippen LogP contribution in [0.15, 0.2) is 72.8 Å². The van der Waals surface area contributed by atoms with Crippen LogP contribution in [-0.4, -0.2) is 55.8 Å². The number of aryl methyl sites for hydroxylation is 1. The van der Waals surface area contributed by atoms with E-state index in [0.717, 1.165) is 21.0 Å². The van der Waals surface area contributed by atoms with Crippen molar-refractivity contribution in [1.82, 2.24) is 10.2 Å². The van der Waals surface area contributed by atoms with Crippen LogP contribution in [0.2, 0.25) is 0 Å². The summed E-state index contributed by atoms with van der Waals surface area (Å²) in [5.41, 5.74) is 2.45. The second kappa shape index (κ2) is 12.9. The summed E-state index contributed by atoms with van der Waals surface area (Å²) < 4.78 is 38.6. The van der Waals surface area contributed by atoms with Crippen LogP contribution in [0.4, 0.5) is 5.69 Å². The minimum Gasteiger partial charge on any atom is -0.454 e. The van der Waals surface area contributed by atoms with E-state index >= 15 is 0 Å². The smallest absolute Gasteiger partial charge is 0.244 e. The van der Waals surface area contributed by atoms with Crippen molar-refractivity contribution in [2.45, 2.75) is 59.2 Å². The van der Waals surface area contributed by atoms with Gasteiger partial charge in [0.2, 0.25) is 28.6 Å². The molecule has 0 saturated carbocycles. The highest BCUT2D eigenvalue weighted by atomic mass is 32.2. The highest BCUT2D eigenvalue weighted by Gasteiger charge is 2.35. The van der Waals surface area contributed by atoms with Gasteiger partial charge in [-0.15, -0.1) is 0 Å². The van der Waals surface area contributed by atoms with Crippen LogP contribution in [0.1, 0.15) is 44.4 Å². The Kier molecular flexibility index (Phi) is 9.46. The van der Waals surface area contributed by atoms with Gasteiger partial charge in [-0.3, -0.25) is 13.9 Å². The molecule has 1 N–H and O–H groups in total. The summed E-state index contributed by atoms with van der Waals surface area (Å²) in [6.45, 7) is 8.79. The van der Waals surface area contributed by atoms with Crippen molar-refractivity contribution >= 4 is 27.5 Å². The lowest BCUT2D eigenvalue weighted by molar-refractivity contribution is -0.140. The van der Waals surface area contributed by atoms with Crippen LogP contribution >= 0.6 is 0 Å². The number of rotatable bonds is 11. The third kappa shape index (κ3) is 7.82. The summed E-state index contributed by atoms with van der Waals surface area (Å²) in [7, 11) is -3.88. The first-order chi connectivity index (χ1) is 19.9. The Morgan fingerprint density at radius 1 is 0.929 bits per heavy atom. The number of sulfonamides is 1. The van der Waals surface area contributed by atoms with Gasteiger partial charge < -0.3 is 19.7 Å². The van der Waals surface area contributed by atoms with E-state index in [1.54, 1.807) is 18.2 Å². The van der Waals surface area contributed by atoms with E-state index in [1.807, 2.05) is 82.3 Å². The molecule has 0 bridgehead atoms. The summed E-state index contributed by atoms with van der Waals surface area (Å²) in [6.07, 6.45) is 0.255. The fraction of sp³-hybridized carbons (Fsp3) is 0.375. The van der Waals surface area contributed by atoms with E-state index < -0.39 is 34.1 Å². The maximum atomic E-state index is 14.3. The van der Waals surface area contributed by atoms with Gasteiger partial charge in [0.05, 0.1) is 11.4 Å². The molecule has 0 fully saturated rings. The minimum absolute atomic E-state index is 0.0343. The third-order valence-electron chi connectivity index (χ3n) is 6.83. The number of anilines is 1. The number of benzene rings is 3. The van der Waals surface area contributed by atoms with E-state index in [2.05, 4.69) is 5.32 Å². The van der Waals surface area contributed by atoms with Crippen molar-refractivity contribution in [3.05, 3.63) is 89.5 Å². The van der Waals surface area contributed by atoms with Gasteiger partial charge in [0, 0.05) is 24.6 Å². The van der Waals surface area contributed by atoms with E-state index in [1.165, 1.54) is 11.8 Å². The van der Waals surface area contributed by atoms with E-state index in [0.29, 0.717) is 11.5 Å². The van der Waals surface area contributed by atoms with Crippen molar-refractivity contribution in [2.75, 3.05) is 23.4 Å². The monoisotopic (exact) mass is 593 g/mol. The second-order valence-corrected chi connectivity index (χ2v) is 13.6. The summed E-state index contributed by atoms with van der Waals surface area (Å²) in [5, 5.41) is 3.03. The van der Waals surface area contributed by atoms with Gasteiger partial charge in [-0.1, -0.05) is 60.2 Å². The lowest BCUT2D eigenvalue weighted by Crippen LogP contribution is -2.56. The van der Waals surface area contributed by atoms with E-state index in [-0.39, 0.29) is 37.1 Å². The molecule has 1 aliphatic rings. The molecule has 4 rings (SSSR count). The van der Waals surface area contributed by atoms with Crippen LogP contribution < -0.4 is 19.1 Å². The Bertz CT molecular complexity index is 1520. The first kappa shape index (κ1) is 30.9. The largest absolute Gasteiger partial charge is 0.454 e. The zero-order valence-corrected chi connectivity index (χ0v) is 25.6. The maximum Gasteiger partial charge on any atom is 0.244 e. The highest BCUT2D eigenvalue weighted by Crippen LogP contribution is 2.36. The molecular formula is C32H39N3O6S. The van der Waals surface area contributed by atoms with Crippen LogP contribution in [0.5, 0.6) is 11.5 Å². The Balaban J connectivity index is 1.76. The van der Waals surface area contributed by atoms with E-state index in [4.69, 9.17) is 9.47 Å². The quantitative estimate of drug-likeness (QED) is 0.353. The molecule has 1 heterocycles. The Hall–Kier alpha value is -4.05. The van der Waals surface area contributed by atoms with Gasteiger partial charge in [-0.25, -0.2) is 8.42 Å². The lowest BCUT2D eigenvalue weighted by Gasteiger charge is -2.35. The van der Waals surface area contributed by atoms with Gasteiger partial charge >= 0.3 is 0 Å². The summed E-state index contributed by atoms with van der Waals surface area (Å²) in [5.74, 6) is -0.137. The van der Waals surface area contributed by atoms with Gasteiger partial charge in [0.25, 0.3) is 0 Å². The molecule has 10 heteroatoms. The standard InChI is InChI=1S/C32H39N3O6S/c1-6-42(38,39)35(26-15-16-28-29(19-26)41-22-40-28)21-30(36)34(20-25-14-10-11-23(2)17-25)27(31(37)33-32(3,4)5)18-24-12-8-7-9-13-24/h7-17,19,27H,6,18,20-22H2,1-5H3,(H,33,37)/t27-/m0/s1. The van der Waals surface area contributed by atoms with Crippen LogP contribution in [0.3, 0.4) is 0 Å². The summed E-state index contributed by atoms with van der Waals surface area (Å²) >= 11 is 0. The van der Waals surface area contributed by atoms with Gasteiger partial charge in [0.1, 0.15) is 12.6 Å². The molecule has 0 radical (unpaired) electrons. The SMILES string of the molecule is CCS(=O)(=O)N(CC(=O)N(Cc1cccc(C)c1)[C@@H](Cc1ccccc1)C(=O)NC(C)(C)C)c1ccc2c(c1)OCO2. The molecule has 0 aromatic heterocycles. The number of fused-ring (bicyclic) bond motifs is 1. The molecule has 1 atom stereocenters. The van der Waals surface area contributed by atoms with Crippen LogP contribution in [0.25, 0.3) is 0 Å². The molecule has 9 nitrogen and oxygen atoms in total. The van der Waals surface area contributed by atoms with Crippen molar-refractivity contribution in [3.63, 3.8) is 0 Å². The van der Waals surface area contributed by atoms with Crippen molar-refractivity contribution < 1.29 is 27.5 Å². The first-order valence-corrected chi connectivity index (χ1v) is 15.6. The molecule has 0 saturated heterocycles. The Morgan fingerprint density at radius 3 is 2.29 bits per heavy atom. The normalized spacial score (nSPS) is 13.4. The second-order valence-electron chi connectivity index (χ2n) is 11.4. The highest BCUT2D eigenvalue weighted by molar-refractivity contribution is 7.92. The molecule has 0 spiro atoms. The fourth-order valence-corrected chi connectivity index (χ4v) is 5.83. The molecule has 0 aliphatic carbocycles. The molecule has 3 aromatic carbocycles. The molecule has 0 unspecified atom stereocenters. The predicted molar refractivity (Wildman–Crippen MR) is 163 cm³/mol. The average molecular weight is 594 g/mol. The first-order valence-electron chi connectivity index (χ1n) is 14.0. The maximum absolute atomic E-state index is 14.3. The van der Waals surface area contributed by atoms with Gasteiger partial charge in [0.15, 0.2) is 11.5 Å². The van der Waals surface area contributed by atoms with Crippen LogP contribution in [0, 0.1) is 6.92 Å². The number of nitrogens with zero attached hydrogens (tertiary/aromatic N) is 2. The Labute approximate surface area is 248 Å². The fourth-order valence-electron chi connectivity index (χ4n) is 4.77.